The zero-order valence-electron chi connectivity index (χ0n) is 12.3. The first kappa shape index (κ1) is 16.3. The Morgan fingerprint density at radius 3 is 2.68 bits per heavy atom. The molecular weight excluding hydrogens is 304 g/mol. The molecule has 0 spiro atoms. The van der Waals surface area contributed by atoms with Gasteiger partial charge in [0.15, 0.2) is 5.82 Å². The van der Waals surface area contributed by atoms with Crippen molar-refractivity contribution >= 4 is 15.8 Å². The molecule has 1 aromatic carbocycles. The van der Waals surface area contributed by atoms with E-state index in [-0.39, 0.29) is 11.5 Å². The summed E-state index contributed by atoms with van der Waals surface area (Å²) in [7, 11) is -3.77. The Morgan fingerprint density at radius 1 is 1.32 bits per heavy atom. The second-order valence-corrected chi connectivity index (χ2v) is 7.16. The molecule has 1 aromatic heterocycles. The van der Waals surface area contributed by atoms with Crippen LogP contribution in [0.25, 0.3) is 11.4 Å². The van der Waals surface area contributed by atoms with Gasteiger partial charge in [-0.3, -0.25) is 0 Å². The molecule has 8 heteroatoms. The predicted octanol–water partition coefficient (Wildman–Crippen LogP) is 0.775. The van der Waals surface area contributed by atoms with Gasteiger partial charge < -0.3 is 10.8 Å². The number of aliphatic hydroxyl groups is 1. The van der Waals surface area contributed by atoms with Gasteiger partial charge in [0.05, 0.1) is 17.0 Å². The molecular formula is C14H18N4O3S. The summed E-state index contributed by atoms with van der Waals surface area (Å²) in [5, 5.41) is 9.21. The maximum absolute atomic E-state index is 12.4. The van der Waals surface area contributed by atoms with Gasteiger partial charge in [0.1, 0.15) is 5.82 Å². The summed E-state index contributed by atoms with van der Waals surface area (Å²) >= 11 is 0. The largest absolute Gasteiger partial charge is 0.394 e. The highest BCUT2D eigenvalue weighted by Gasteiger charge is 2.25. The molecule has 1 heterocycles. The van der Waals surface area contributed by atoms with Crippen LogP contribution in [0.15, 0.2) is 41.4 Å². The summed E-state index contributed by atoms with van der Waals surface area (Å²) in [5.74, 6) is 0.649. The van der Waals surface area contributed by atoms with Crippen molar-refractivity contribution in [1.29, 1.82) is 0 Å². The number of anilines is 1. The van der Waals surface area contributed by atoms with Crippen molar-refractivity contribution in [1.82, 2.24) is 14.7 Å². The van der Waals surface area contributed by atoms with E-state index in [0.717, 1.165) is 0 Å². The molecule has 2 rings (SSSR count). The highest BCUT2D eigenvalue weighted by Crippen LogP contribution is 2.20. The molecule has 2 aromatic rings. The molecule has 22 heavy (non-hydrogen) atoms. The molecule has 0 radical (unpaired) electrons. The molecule has 118 valence electrons. The fraction of sp³-hybridized carbons (Fsp3) is 0.286. The lowest BCUT2D eigenvalue weighted by atomic mass is 10.1. The average molecular weight is 322 g/mol. The maximum Gasteiger partial charge on any atom is 0.241 e. The fourth-order valence-electron chi connectivity index (χ4n) is 1.77. The summed E-state index contributed by atoms with van der Waals surface area (Å²) in [4.78, 5) is 8.21. The number of aromatic nitrogens is 2. The molecule has 0 unspecified atom stereocenters. The van der Waals surface area contributed by atoms with Gasteiger partial charge in [-0.15, -0.1) is 0 Å². The Bertz CT molecular complexity index is 775. The SMILES string of the molecule is CC(C)(CO)NS(=O)(=O)c1cccc(-c2nccc(N)n2)c1. The van der Waals surface area contributed by atoms with Crippen LogP contribution in [0, 0.1) is 0 Å². The zero-order valence-corrected chi connectivity index (χ0v) is 13.1. The second kappa shape index (κ2) is 5.99. The monoisotopic (exact) mass is 322 g/mol. The van der Waals surface area contributed by atoms with Crippen molar-refractivity contribution in [3.63, 3.8) is 0 Å². The van der Waals surface area contributed by atoms with Gasteiger partial charge >= 0.3 is 0 Å². The van der Waals surface area contributed by atoms with Crippen LogP contribution >= 0.6 is 0 Å². The Hall–Kier alpha value is -2.03. The lowest BCUT2D eigenvalue weighted by molar-refractivity contribution is 0.208. The third kappa shape index (κ3) is 3.79. The second-order valence-electron chi connectivity index (χ2n) is 5.48. The van der Waals surface area contributed by atoms with Crippen LogP contribution in [-0.4, -0.2) is 35.6 Å². The summed E-state index contributed by atoms with van der Waals surface area (Å²) in [6.45, 7) is 2.87. The Morgan fingerprint density at radius 2 is 2.05 bits per heavy atom. The van der Waals surface area contributed by atoms with Crippen molar-refractivity contribution in [2.24, 2.45) is 0 Å². The van der Waals surface area contributed by atoms with Gasteiger partial charge in [-0.1, -0.05) is 12.1 Å². The lowest BCUT2D eigenvalue weighted by Crippen LogP contribution is -2.46. The number of aliphatic hydroxyl groups excluding tert-OH is 1. The summed E-state index contributed by atoms with van der Waals surface area (Å²) in [6, 6.07) is 7.78. The molecule has 0 fully saturated rings. The maximum atomic E-state index is 12.4. The Kier molecular flexibility index (Phi) is 4.45. The first-order valence-corrected chi connectivity index (χ1v) is 8.06. The van der Waals surface area contributed by atoms with Gasteiger partial charge in [-0.05, 0) is 32.0 Å². The van der Waals surface area contributed by atoms with E-state index in [4.69, 9.17) is 5.73 Å². The molecule has 0 amide bonds. The van der Waals surface area contributed by atoms with Gasteiger partial charge in [0, 0.05) is 11.8 Å². The predicted molar refractivity (Wildman–Crippen MR) is 83.4 cm³/mol. The van der Waals surface area contributed by atoms with Crippen LogP contribution in [0.2, 0.25) is 0 Å². The normalized spacial score (nSPS) is 12.3. The Labute approximate surface area is 129 Å². The van der Waals surface area contributed by atoms with Crippen LogP contribution in [0.5, 0.6) is 0 Å². The molecule has 0 atom stereocenters. The highest BCUT2D eigenvalue weighted by molar-refractivity contribution is 7.89. The van der Waals surface area contributed by atoms with E-state index in [9.17, 15) is 13.5 Å². The third-order valence-corrected chi connectivity index (χ3v) is 4.58. The van der Waals surface area contributed by atoms with E-state index < -0.39 is 15.6 Å². The molecule has 0 saturated carbocycles. The van der Waals surface area contributed by atoms with Crippen molar-refractivity contribution in [3.8, 4) is 11.4 Å². The molecule has 0 bridgehead atoms. The summed E-state index contributed by atoms with van der Waals surface area (Å²) < 4.78 is 27.2. The fourth-order valence-corrected chi connectivity index (χ4v) is 3.22. The number of nitrogens with two attached hydrogens (primary N) is 1. The number of rotatable bonds is 5. The smallest absolute Gasteiger partial charge is 0.241 e. The van der Waals surface area contributed by atoms with E-state index in [2.05, 4.69) is 14.7 Å². The Balaban J connectivity index is 2.40. The number of hydrogen-bond acceptors (Lipinski definition) is 6. The van der Waals surface area contributed by atoms with Crippen LogP contribution in [0.4, 0.5) is 5.82 Å². The van der Waals surface area contributed by atoms with Crippen molar-refractivity contribution in [2.75, 3.05) is 12.3 Å². The topological polar surface area (TPSA) is 118 Å². The van der Waals surface area contributed by atoms with Gasteiger partial charge in [0.25, 0.3) is 0 Å². The van der Waals surface area contributed by atoms with Crippen LogP contribution < -0.4 is 10.5 Å². The number of nitrogens with zero attached hydrogens (tertiary/aromatic N) is 2. The number of nitrogens with one attached hydrogen (secondary N) is 1. The number of sulfonamides is 1. The van der Waals surface area contributed by atoms with E-state index >= 15 is 0 Å². The molecule has 0 aliphatic carbocycles. The van der Waals surface area contributed by atoms with Gasteiger partial charge in [-0.25, -0.2) is 23.1 Å². The summed E-state index contributed by atoms with van der Waals surface area (Å²) in [6.07, 6.45) is 1.51. The highest BCUT2D eigenvalue weighted by atomic mass is 32.2. The third-order valence-electron chi connectivity index (χ3n) is 2.89. The average Bonchev–Trinajstić information content (AvgIpc) is 2.46. The number of nitrogen functional groups attached to an aromatic ring is 1. The van der Waals surface area contributed by atoms with E-state index in [1.807, 2.05) is 0 Å². The summed E-state index contributed by atoms with van der Waals surface area (Å²) in [5.41, 5.74) is 5.19. The number of benzene rings is 1. The van der Waals surface area contributed by atoms with Crippen LogP contribution in [0.1, 0.15) is 13.8 Å². The van der Waals surface area contributed by atoms with E-state index in [1.54, 1.807) is 32.0 Å². The molecule has 7 nitrogen and oxygen atoms in total. The van der Waals surface area contributed by atoms with Crippen LogP contribution in [-0.2, 0) is 10.0 Å². The molecule has 0 saturated heterocycles. The first-order chi connectivity index (χ1) is 10.2. The van der Waals surface area contributed by atoms with Crippen LogP contribution in [0.3, 0.4) is 0 Å². The van der Waals surface area contributed by atoms with Crippen molar-refractivity contribution in [3.05, 3.63) is 36.5 Å². The standard InChI is InChI=1S/C14H18N4O3S/c1-14(2,9-19)18-22(20,21)11-5-3-4-10(8-11)13-16-7-6-12(15)17-13/h3-8,18-19H,9H2,1-2H3,(H2,15,16,17). The van der Waals surface area contributed by atoms with Gasteiger partial charge in [0.2, 0.25) is 10.0 Å². The van der Waals surface area contributed by atoms with E-state index in [0.29, 0.717) is 17.2 Å². The van der Waals surface area contributed by atoms with E-state index in [1.165, 1.54) is 18.3 Å². The van der Waals surface area contributed by atoms with Gasteiger partial charge in [-0.2, -0.15) is 0 Å². The molecule has 0 aliphatic heterocycles. The minimum absolute atomic E-state index is 0.0672. The minimum Gasteiger partial charge on any atom is -0.394 e. The lowest BCUT2D eigenvalue weighted by Gasteiger charge is -2.23. The minimum atomic E-state index is -3.77. The number of hydrogen-bond donors (Lipinski definition) is 3. The molecule has 0 aliphatic rings. The van der Waals surface area contributed by atoms with Crippen molar-refractivity contribution in [2.45, 2.75) is 24.3 Å². The molecule has 4 N–H and O–H groups in total. The zero-order chi connectivity index (χ0) is 16.4. The quantitative estimate of drug-likeness (QED) is 0.748. The van der Waals surface area contributed by atoms with Crippen molar-refractivity contribution < 1.29 is 13.5 Å². The first-order valence-electron chi connectivity index (χ1n) is 6.57.